The molecule has 2 amide bonds. The van der Waals surface area contributed by atoms with Crippen molar-refractivity contribution in [3.8, 4) is 0 Å². The Morgan fingerprint density at radius 2 is 2.06 bits per heavy atom. The molecule has 3 N–H and O–H groups in total. The van der Waals surface area contributed by atoms with Gasteiger partial charge in [0, 0.05) is 32.7 Å². The Kier molecular flexibility index (Phi) is 9.00. The van der Waals surface area contributed by atoms with Crippen LogP contribution in [0.25, 0.3) is 0 Å². The summed E-state index contributed by atoms with van der Waals surface area (Å²) in [6.45, 7) is 5.45. The van der Waals surface area contributed by atoms with Crippen molar-refractivity contribution >= 4 is 12.0 Å². The quantitative estimate of drug-likeness (QED) is 0.574. The van der Waals surface area contributed by atoms with Gasteiger partial charge in [-0.05, 0) is 25.7 Å². The van der Waals surface area contributed by atoms with Crippen LogP contribution >= 0.6 is 0 Å². The number of urea groups is 1. The zero-order valence-corrected chi connectivity index (χ0v) is 11.2. The van der Waals surface area contributed by atoms with Crippen molar-refractivity contribution in [3.63, 3.8) is 0 Å². The summed E-state index contributed by atoms with van der Waals surface area (Å²) in [4.78, 5) is 23.8. The lowest BCUT2D eigenvalue weighted by molar-refractivity contribution is -0.137. The Balaban J connectivity index is 3.88. The van der Waals surface area contributed by atoms with Crippen LogP contribution in [0.5, 0.6) is 0 Å². The van der Waals surface area contributed by atoms with E-state index in [-0.39, 0.29) is 25.0 Å². The standard InChI is InChI=1S/C12H24N2O4/c1-3-14(7-4-8-15)12(18)13-9-10(2)5-6-11(16)17/h10,15H,3-9H2,1-2H3,(H,13,18)(H,16,17). The maximum absolute atomic E-state index is 11.7. The van der Waals surface area contributed by atoms with Crippen LogP contribution in [-0.4, -0.2) is 53.4 Å². The van der Waals surface area contributed by atoms with E-state index in [4.69, 9.17) is 10.2 Å². The monoisotopic (exact) mass is 260 g/mol. The van der Waals surface area contributed by atoms with E-state index in [1.807, 2.05) is 13.8 Å². The molecule has 0 aliphatic rings. The Bertz CT molecular complexity index is 258. The molecule has 0 aromatic carbocycles. The molecule has 0 heterocycles. The van der Waals surface area contributed by atoms with Crippen LogP contribution in [0, 0.1) is 5.92 Å². The van der Waals surface area contributed by atoms with Gasteiger partial charge in [0.25, 0.3) is 0 Å². The van der Waals surface area contributed by atoms with Crippen molar-refractivity contribution in [2.75, 3.05) is 26.2 Å². The predicted octanol–water partition coefficient (Wildman–Crippen LogP) is 0.901. The van der Waals surface area contributed by atoms with E-state index < -0.39 is 5.97 Å². The first kappa shape index (κ1) is 16.7. The van der Waals surface area contributed by atoms with Gasteiger partial charge < -0.3 is 20.4 Å². The summed E-state index contributed by atoms with van der Waals surface area (Å²) in [6.07, 6.45) is 1.24. The number of nitrogens with zero attached hydrogens (tertiary/aromatic N) is 1. The largest absolute Gasteiger partial charge is 0.481 e. The second-order valence-electron chi connectivity index (χ2n) is 4.38. The topological polar surface area (TPSA) is 89.9 Å². The van der Waals surface area contributed by atoms with Crippen LogP contribution in [0.1, 0.15) is 33.1 Å². The number of amides is 2. The third-order valence-corrected chi connectivity index (χ3v) is 2.71. The third-order valence-electron chi connectivity index (χ3n) is 2.71. The second-order valence-corrected chi connectivity index (χ2v) is 4.38. The van der Waals surface area contributed by atoms with Gasteiger partial charge in [-0.15, -0.1) is 0 Å². The highest BCUT2D eigenvalue weighted by molar-refractivity contribution is 5.74. The van der Waals surface area contributed by atoms with E-state index >= 15 is 0 Å². The summed E-state index contributed by atoms with van der Waals surface area (Å²) in [5.74, 6) is -0.673. The third kappa shape index (κ3) is 7.89. The van der Waals surface area contributed by atoms with Crippen LogP contribution in [0.15, 0.2) is 0 Å². The van der Waals surface area contributed by atoms with Crippen molar-refractivity contribution < 1.29 is 19.8 Å². The van der Waals surface area contributed by atoms with Crippen molar-refractivity contribution in [3.05, 3.63) is 0 Å². The summed E-state index contributed by atoms with van der Waals surface area (Å²) in [5.41, 5.74) is 0. The summed E-state index contributed by atoms with van der Waals surface area (Å²) < 4.78 is 0. The van der Waals surface area contributed by atoms with Gasteiger partial charge in [-0.25, -0.2) is 4.79 Å². The fraction of sp³-hybridized carbons (Fsp3) is 0.833. The van der Waals surface area contributed by atoms with Gasteiger partial charge in [0.1, 0.15) is 0 Å². The molecule has 0 fully saturated rings. The molecule has 1 atom stereocenters. The van der Waals surface area contributed by atoms with Crippen LogP contribution in [-0.2, 0) is 4.79 Å². The number of carbonyl (C=O) groups is 2. The number of carboxylic acids is 1. The normalized spacial score (nSPS) is 11.9. The molecule has 106 valence electrons. The molecule has 0 radical (unpaired) electrons. The lowest BCUT2D eigenvalue weighted by Gasteiger charge is -2.22. The maximum Gasteiger partial charge on any atom is 0.317 e. The van der Waals surface area contributed by atoms with Crippen LogP contribution in [0.3, 0.4) is 0 Å². The van der Waals surface area contributed by atoms with Crippen molar-refractivity contribution in [2.45, 2.75) is 33.1 Å². The van der Waals surface area contributed by atoms with Gasteiger partial charge >= 0.3 is 12.0 Å². The van der Waals surface area contributed by atoms with Gasteiger partial charge in [0.2, 0.25) is 0 Å². The molecule has 0 aliphatic heterocycles. The minimum atomic E-state index is -0.814. The van der Waals surface area contributed by atoms with Crippen molar-refractivity contribution in [1.29, 1.82) is 0 Å². The van der Waals surface area contributed by atoms with Crippen molar-refractivity contribution in [1.82, 2.24) is 10.2 Å². The number of aliphatic carboxylic acids is 1. The molecule has 1 unspecified atom stereocenters. The molecule has 6 nitrogen and oxygen atoms in total. The Labute approximate surface area is 108 Å². The number of hydrogen-bond donors (Lipinski definition) is 3. The Hall–Kier alpha value is -1.30. The molecule has 0 aromatic heterocycles. The molecule has 18 heavy (non-hydrogen) atoms. The van der Waals surface area contributed by atoms with E-state index in [0.29, 0.717) is 32.5 Å². The van der Waals surface area contributed by atoms with Crippen LogP contribution in [0.4, 0.5) is 4.79 Å². The summed E-state index contributed by atoms with van der Waals surface area (Å²) in [6, 6.07) is -0.159. The van der Waals surface area contributed by atoms with E-state index in [2.05, 4.69) is 5.32 Å². The number of carboxylic acid groups (broad SMARTS) is 1. The molecule has 0 aromatic rings. The van der Waals surface area contributed by atoms with E-state index in [1.54, 1.807) is 4.90 Å². The second kappa shape index (κ2) is 9.70. The predicted molar refractivity (Wildman–Crippen MR) is 68.4 cm³/mol. The molecule has 0 saturated carbocycles. The van der Waals surface area contributed by atoms with E-state index in [0.717, 1.165) is 0 Å². The molecular weight excluding hydrogens is 236 g/mol. The van der Waals surface area contributed by atoms with Crippen LogP contribution < -0.4 is 5.32 Å². The first-order valence-electron chi connectivity index (χ1n) is 6.36. The molecule has 0 spiro atoms. The molecule has 0 rings (SSSR count). The minimum Gasteiger partial charge on any atom is -0.481 e. The molecule has 0 saturated heterocycles. The van der Waals surface area contributed by atoms with E-state index in [9.17, 15) is 9.59 Å². The highest BCUT2D eigenvalue weighted by atomic mass is 16.4. The highest BCUT2D eigenvalue weighted by Gasteiger charge is 2.12. The fourth-order valence-corrected chi connectivity index (χ4v) is 1.51. The number of carbonyl (C=O) groups excluding carboxylic acids is 1. The Morgan fingerprint density at radius 3 is 2.56 bits per heavy atom. The van der Waals surface area contributed by atoms with Gasteiger partial charge in [0.05, 0.1) is 0 Å². The molecule has 0 bridgehead atoms. The molecule has 0 aliphatic carbocycles. The smallest absolute Gasteiger partial charge is 0.317 e. The van der Waals surface area contributed by atoms with Crippen molar-refractivity contribution in [2.24, 2.45) is 5.92 Å². The lowest BCUT2D eigenvalue weighted by Crippen LogP contribution is -2.42. The number of aliphatic hydroxyl groups is 1. The average Bonchev–Trinajstić information content (AvgIpc) is 2.34. The summed E-state index contributed by atoms with van der Waals surface area (Å²) in [7, 11) is 0. The number of aliphatic hydroxyl groups excluding tert-OH is 1. The Morgan fingerprint density at radius 1 is 1.39 bits per heavy atom. The number of rotatable bonds is 9. The lowest BCUT2D eigenvalue weighted by atomic mass is 10.1. The zero-order valence-electron chi connectivity index (χ0n) is 11.2. The van der Waals surface area contributed by atoms with Gasteiger partial charge in [-0.3, -0.25) is 4.79 Å². The zero-order chi connectivity index (χ0) is 14.0. The average molecular weight is 260 g/mol. The molecular formula is C12H24N2O4. The van der Waals surface area contributed by atoms with Gasteiger partial charge in [0.15, 0.2) is 0 Å². The SMILES string of the molecule is CCN(CCCO)C(=O)NCC(C)CCC(=O)O. The summed E-state index contributed by atoms with van der Waals surface area (Å²) >= 11 is 0. The fourth-order valence-electron chi connectivity index (χ4n) is 1.51. The maximum atomic E-state index is 11.7. The number of nitrogens with one attached hydrogen (secondary N) is 1. The van der Waals surface area contributed by atoms with Gasteiger partial charge in [-0.2, -0.15) is 0 Å². The summed E-state index contributed by atoms with van der Waals surface area (Å²) in [5, 5.41) is 20.0. The first-order valence-corrected chi connectivity index (χ1v) is 6.36. The van der Waals surface area contributed by atoms with E-state index in [1.165, 1.54) is 0 Å². The minimum absolute atomic E-state index is 0.0682. The number of hydrogen-bond acceptors (Lipinski definition) is 3. The molecule has 6 heteroatoms. The first-order chi connectivity index (χ1) is 8.51. The van der Waals surface area contributed by atoms with Gasteiger partial charge in [-0.1, -0.05) is 6.92 Å². The highest BCUT2D eigenvalue weighted by Crippen LogP contribution is 2.04. The van der Waals surface area contributed by atoms with Crippen LogP contribution in [0.2, 0.25) is 0 Å².